The zero-order chi connectivity index (χ0) is 15.5. The standard InChI is InChI=1S/C15H21N5O/c1-10-17-14(20-19-10)11-6-5-7-12(8-11)18-13(21)9-16-15(2,3)4/h5-8,16H,9H2,1-4H3,(H,18,21)(H,17,19,20). The van der Waals surface area contributed by atoms with Crippen molar-refractivity contribution in [2.45, 2.75) is 33.2 Å². The number of rotatable bonds is 4. The lowest BCUT2D eigenvalue weighted by atomic mass is 10.1. The minimum Gasteiger partial charge on any atom is -0.325 e. The maximum Gasteiger partial charge on any atom is 0.238 e. The fourth-order valence-electron chi connectivity index (χ4n) is 1.76. The van der Waals surface area contributed by atoms with Crippen LogP contribution < -0.4 is 10.6 Å². The first kappa shape index (κ1) is 15.2. The molecule has 0 spiro atoms. The van der Waals surface area contributed by atoms with Crippen LogP contribution in [0.15, 0.2) is 24.3 Å². The van der Waals surface area contributed by atoms with Crippen molar-refractivity contribution in [1.29, 1.82) is 0 Å². The van der Waals surface area contributed by atoms with Gasteiger partial charge in [-0.2, -0.15) is 5.10 Å². The third kappa shape index (κ3) is 4.68. The number of anilines is 1. The molecular weight excluding hydrogens is 266 g/mol. The fourth-order valence-corrected chi connectivity index (χ4v) is 1.76. The number of aromatic nitrogens is 3. The lowest BCUT2D eigenvalue weighted by Gasteiger charge is -2.20. The summed E-state index contributed by atoms with van der Waals surface area (Å²) in [6.45, 7) is 8.18. The molecule has 0 atom stereocenters. The molecule has 0 saturated heterocycles. The molecule has 21 heavy (non-hydrogen) atoms. The van der Waals surface area contributed by atoms with E-state index in [9.17, 15) is 4.79 Å². The predicted octanol–water partition coefficient (Wildman–Crippen LogP) is 2.11. The minimum absolute atomic E-state index is 0.0757. The largest absolute Gasteiger partial charge is 0.325 e. The summed E-state index contributed by atoms with van der Waals surface area (Å²) in [6.07, 6.45) is 0. The Morgan fingerprint density at radius 3 is 2.71 bits per heavy atom. The minimum atomic E-state index is -0.0876. The molecule has 0 saturated carbocycles. The number of carbonyl (C=O) groups excluding carboxylic acids is 1. The molecule has 0 aliphatic rings. The summed E-state index contributed by atoms with van der Waals surface area (Å²) in [5.74, 6) is 1.30. The molecule has 2 rings (SSSR count). The number of H-pyrrole nitrogens is 1. The van der Waals surface area contributed by atoms with Crippen LogP contribution in [-0.4, -0.2) is 33.2 Å². The van der Waals surface area contributed by atoms with Crippen LogP contribution in [0.5, 0.6) is 0 Å². The second kappa shape index (κ2) is 6.05. The Hall–Kier alpha value is -2.21. The van der Waals surface area contributed by atoms with E-state index in [0.717, 1.165) is 17.1 Å². The van der Waals surface area contributed by atoms with Crippen LogP contribution in [0.2, 0.25) is 0 Å². The highest BCUT2D eigenvalue weighted by Crippen LogP contribution is 2.19. The average molecular weight is 287 g/mol. The number of carbonyl (C=O) groups is 1. The van der Waals surface area contributed by atoms with Crippen molar-refractivity contribution in [3.8, 4) is 11.4 Å². The number of aromatic amines is 1. The summed E-state index contributed by atoms with van der Waals surface area (Å²) in [5, 5.41) is 12.9. The summed E-state index contributed by atoms with van der Waals surface area (Å²) >= 11 is 0. The van der Waals surface area contributed by atoms with Gasteiger partial charge in [0.05, 0.1) is 6.54 Å². The van der Waals surface area contributed by atoms with E-state index in [1.54, 1.807) is 0 Å². The fraction of sp³-hybridized carbons (Fsp3) is 0.400. The lowest BCUT2D eigenvalue weighted by Crippen LogP contribution is -2.41. The number of amides is 1. The summed E-state index contributed by atoms with van der Waals surface area (Å²) in [4.78, 5) is 16.2. The van der Waals surface area contributed by atoms with E-state index in [4.69, 9.17) is 0 Å². The number of benzene rings is 1. The van der Waals surface area contributed by atoms with E-state index in [1.165, 1.54) is 0 Å². The van der Waals surface area contributed by atoms with Gasteiger partial charge in [0.25, 0.3) is 0 Å². The van der Waals surface area contributed by atoms with Gasteiger partial charge in [-0.15, -0.1) is 0 Å². The molecule has 1 aromatic carbocycles. The van der Waals surface area contributed by atoms with Crippen molar-refractivity contribution in [1.82, 2.24) is 20.5 Å². The number of nitrogens with one attached hydrogen (secondary N) is 3. The van der Waals surface area contributed by atoms with Gasteiger partial charge < -0.3 is 10.6 Å². The smallest absolute Gasteiger partial charge is 0.238 e. The van der Waals surface area contributed by atoms with Gasteiger partial charge in [-0.1, -0.05) is 12.1 Å². The zero-order valence-electron chi connectivity index (χ0n) is 12.8. The average Bonchev–Trinajstić information content (AvgIpc) is 2.83. The first-order valence-corrected chi connectivity index (χ1v) is 6.88. The van der Waals surface area contributed by atoms with E-state index < -0.39 is 0 Å². The summed E-state index contributed by atoms with van der Waals surface area (Å²) in [6, 6.07) is 7.48. The number of hydrogen-bond acceptors (Lipinski definition) is 4. The van der Waals surface area contributed by atoms with Crippen LogP contribution >= 0.6 is 0 Å². The quantitative estimate of drug-likeness (QED) is 0.804. The summed E-state index contributed by atoms with van der Waals surface area (Å²) < 4.78 is 0. The number of nitrogens with zero attached hydrogens (tertiary/aromatic N) is 2. The highest BCUT2D eigenvalue weighted by Gasteiger charge is 2.12. The van der Waals surface area contributed by atoms with E-state index >= 15 is 0 Å². The Balaban J connectivity index is 2.03. The van der Waals surface area contributed by atoms with Gasteiger partial charge in [-0.05, 0) is 39.8 Å². The van der Waals surface area contributed by atoms with Crippen molar-refractivity contribution < 1.29 is 4.79 Å². The van der Waals surface area contributed by atoms with Crippen LogP contribution in [-0.2, 0) is 4.79 Å². The molecule has 112 valence electrons. The Labute approximate surface area is 124 Å². The molecule has 0 bridgehead atoms. The molecule has 0 aliphatic carbocycles. The van der Waals surface area contributed by atoms with Crippen LogP contribution in [0.25, 0.3) is 11.4 Å². The van der Waals surface area contributed by atoms with Gasteiger partial charge in [0.2, 0.25) is 5.91 Å². The van der Waals surface area contributed by atoms with Crippen LogP contribution in [0.1, 0.15) is 26.6 Å². The third-order valence-corrected chi connectivity index (χ3v) is 2.78. The molecule has 3 N–H and O–H groups in total. The Morgan fingerprint density at radius 1 is 1.33 bits per heavy atom. The maximum absolute atomic E-state index is 11.9. The van der Waals surface area contributed by atoms with Crippen LogP contribution in [0.4, 0.5) is 5.69 Å². The maximum atomic E-state index is 11.9. The van der Waals surface area contributed by atoms with E-state index in [0.29, 0.717) is 5.82 Å². The Kier molecular flexibility index (Phi) is 4.37. The second-order valence-electron chi connectivity index (χ2n) is 5.98. The van der Waals surface area contributed by atoms with Crippen molar-refractivity contribution in [3.05, 3.63) is 30.1 Å². The highest BCUT2D eigenvalue weighted by molar-refractivity contribution is 5.92. The molecule has 0 unspecified atom stereocenters. The number of aryl methyl sites for hydroxylation is 1. The molecule has 2 aromatic rings. The van der Waals surface area contributed by atoms with Gasteiger partial charge in [0.1, 0.15) is 5.82 Å². The second-order valence-corrected chi connectivity index (χ2v) is 5.98. The third-order valence-electron chi connectivity index (χ3n) is 2.78. The SMILES string of the molecule is Cc1nc(-c2cccc(NC(=O)CNC(C)(C)C)c2)n[nH]1. The Morgan fingerprint density at radius 2 is 2.10 bits per heavy atom. The highest BCUT2D eigenvalue weighted by atomic mass is 16.1. The Bertz CT molecular complexity index is 627. The molecular formula is C15H21N5O. The van der Waals surface area contributed by atoms with Gasteiger partial charge in [0, 0.05) is 16.8 Å². The molecule has 0 fully saturated rings. The number of hydrogen-bond donors (Lipinski definition) is 3. The van der Waals surface area contributed by atoms with E-state index in [1.807, 2.05) is 52.0 Å². The first-order chi connectivity index (χ1) is 9.83. The summed E-state index contributed by atoms with van der Waals surface area (Å²) in [5.41, 5.74) is 1.51. The van der Waals surface area contributed by atoms with Crippen molar-refractivity contribution in [2.75, 3.05) is 11.9 Å². The first-order valence-electron chi connectivity index (χ1n) is 6.88. The summed E-state index contributed by atoms with van der Waals surface area (Å²) in [7, 11) is 0. The molecule has 6 nitrogen and oxygen atoms in total. The van der Waals surface area contributed by atoms with Crippen molar-refractivity contribution >= 4 is 11.6 Å². The predicted molar refractivity (Wildman–Crippen MR) is 82.9 cm³/mol. The molecule has 0 radical (unpaired) electrons. The van der Waals surface area contributed by atoms with Gasteiger partial charge in [-0.25, -0.2) is 4.98 Å². The van der Waals surface area contributed by atoms with Crippen molar-refractivity contribution in [2.24, 2.45) is 0 Å². The van der Waals surface area contributed by atoms with Gasteiger partial charge in [-0.3, -0.25) is 9.89 Å². The van der Waals surface area contributed by atoms with Crippen molar-refractivity contribution in [3.63, 3.8) is 0 Å². The molecule has 1 heterocycles. The zero-order valence-corrected chi connectivity index (χ0v) is 12.8. The van der Waals surface area contributed by atoms with Crippen LogP contribution in [0, 0.1) is 6.92 Å². The topological polar surface area (TPSA) is 82.7 Å². The van der Waals surface area contributed by atoms with E-state index in [2.05, 4.69) is 25.8 Å². The molecule has 6 heteroatoms. The van der Waals surface area contributed by atoms with E-state index in [-0.39, 0.29) is 18.0 Å². The monoisotopic (exact) mass is 287 g/mol. The molecule has 1 amide bonds. The molecule has 1 aromatic heterocycles. The van der Waals surface area contributed by atoms with Crippen LogP contribution in [0.3, 0.4) is 0 Å². The lowest BCUT2D eigenvalue weighted by molar-refractivity contribution is -0.115. The molecule has 0 aliphatic heterocycles. The van der Waals surface area contributed by atoms with Gasteiger partial charge >= 0.3 is 0 Å². The normalized spacial score (nSPS) is 11.4. The van der Waals surface area contributed by atoms with Gasteiger partial charge in [0.15, 0.2) is 5.82 Å².